The van der Waals surface area contributed by atoms with Crippen molar-refractivity contribution in [2.75, 3.05) is 18.4 Å². The molecule has 2 amide bonds. The highest BCUT2D eigenvalue weighted by atomic mass is 35.5. The van der Waals surface area contributed by atoms with E-state index in [1.807, 2.05) is 6.92 Å². The Morgan fingerprint density at radius 3 is 2.65 bits per heavy atom. The number of likely N-dealkylation sites (tertiary alicyclic amines) is 1. The number of anilines is 1. The van der Waals surface area contributed by atoms with E-state index in [-0.39, 0.29) is 22.4 Å². The van der Waals surface area contributed by atoms with E-state index in [4.69, 9.17) is 16.1 Å². The number of rotatable bonds is 4. The zero-order valence-corrected chi connectivity index (χ0v) is 18.5. The minimum Gasteiger partial charge on any atom is -0.339 e. The number of thiophene rings is 1. The van der Waals surface area contributed by atoms with Crippen LogP contribution in [-0.2, 0) is 0 Å². The lowest BCUT2D eigenvalue weighted by Gasteiger charge is -2.30. The van der Waals surface area contributed by atoms with Crippen LogP contribution in [0.1, 0.15) is 56.1 Å². The number of nitrogens with one attached hydrogen (secondary N) is 1. The summed E-state index contributed by atoms with van der Waals surface area (Å²) in [7, 11) is 0. The average molecular weight is 463 g/mol. The first kappa shape index (κ1) is 21.5. The van der Waals surface area contributed by atoms with Crippen molar-refractivity contribution in [3.05, 3.63) is 62.8 Å². The van der Waals surface area contributed by atoms with E-state index in [0.29, 0.717) is 34.7 Å². The number of aromatic nitrogens is 2. The second kappa shape index (κ2) is 8.76. The Bertz CT molecular complexity index is 1140. The van der Waals surface area contributed by atoms with Gasteiger partial charge in [-0.3, -0.25) is 9.59 Å². The molecule has 0 saturated carbocycles. The highest BCUT2D eigenvalue weighted by Gasteiger charge is 2.29. The van der Waals surface area contributed by atoms with E-state index in [0.717, 1.165) is 24.5 Å². The first-order chi connectivity index (χ1) is 14.8. The van der Waals surface area contributed by atoms with Crippen molar-refractivity contribution < 1.29 is 18.5 Å². The van der Waals surface area contributed by atoms with Crippen LogP contribution < -0.4 is 5.32 Å². The Morgan fingerprint density at radius 1 is 1.26 bits per heavy atom. The molecule has 1 aliphatic heterocycles. The van der Waals surface area contributed by atoms with Crippen LogP contribution in [0.25, 0.3) is 0 Å². The maximum Gasteiger partial charge on any atom is 0.264 e. The van der Waals surface area contributed by atoms with Gasteiger partial charge in [-0.2, -0.15) is 4.98 Å². The average Bonchev–Trinajstić information content (AvgIpc) is 3.33. The van der Waals surface area contributed by atoms with Gasteiger partial charge < -0.3 is 14.7 Å². The molecule has 3 heterocycles. The van der Waals surface area contributed by atoms with Crippen LogP contribution in [0.5, 0.6) is 0 Å². The molecule has 0 atom stereocenters. The number of hydrogen-bond donors (Lipinski definition) is 1. The van der Waals surface area contributed by atoms with Gasteiger partial charge in [0.05, 0.1) is 20.5 Å². The minimum absolute atomic E-state index is 0.0291. The predicted octanol–water partition coefficient (Wildman–Crippen LogP) is 4.81. The van der Waals surface area contributed by atoms with E-state index in [1.165, 1.54) is 23.5 Å². The molecule has 1 aliphatic rings. The van der Waals surface area contributed by atoms with Gasteiger partial charge in [0.2, 0.25) is 5.89 Å². The van der Waals surface area contributed by atoms with E-state index < -0.39 is 11.7 Å². The number of hydrogen-bond acceptors (Lipinski definition) is 6. The second-order valence-electron chi connectivity index (χ2n) is 7.45. The first-order valence-corrected chi connectivity index (χ1v) is 11.0. The lowest BCUT2D eigenvalue weighted by molar-refractivity contribution is 0.0708. The lowest BCUT2D eigenvalue weighted by Crippen LogP contribution is -2.37. The maximum absolute atomic E-state index is 13.2. The Kier molecular flexibility index (Phi) is 6.06. The van der Waals surface area contributed by atoms with Crippen molar-refractivity contribution in [3.63, 3.8) is 0 Å². The third-order valence-electron chi connectivity index (χ3n) is 5.20. The summed E-state index contributed by atoms with van der Waals surface area (Å²) in [6.07, 6.45) is 1.51. The summed E-state index contributed by atoms with van der Waals surface area (Å²) in [5.41, 5.74) is 0.950. The van der Waals surface area contributed by atoms with E-state index >= 15 is 0 Å². The van der Waals surface area contributed by atoms with Gasteiger partial charge in [-0.05, 0) is 56.5 Å². The van der Waals surface area contributed by atoms with Crippen LogP contribution in [0.3, 0.4) is 0 Å². The summed E-state index contributed by atoms with van der Waals surface area (Å²) in [5.74, 6) is 0.355. The van der Waals surface area contributed by atoms with Crippen molar-refractivity contribution in [2.45, 2.75) is 32.6 Å². The SMILES string of the molecule is Cc1noc(C2CCN(C(=O)c3sc(NC(=O)c4ccc(F)cc4Cl)cc3C)CC2)n1. The van der Waals surface area contributed by atoms with Gasteiger partial charge in [-0.25, -0.2) is 4.39 Å². The molecule has 1 aromatic carbocycles. The van der Waals surface area contributed by atoms with Crippen LogP contribution in [0.4, 0.5) is 9.39 Å². The molecule has 0 unspecified atom stereocenters. The molecular formula is C21H20ClFN4O3S. The highest BCUT2D eigenvalue weighted by Crippen LogP contribution is 2.32. The quantitative estimate of drug-likeness (QED) is 0.601. The normalized spacial score (nSPS) is 14.6. The van der Waals surface area contributed by atoms with Crippen molar-refractivity contribution in [2.24, 2.45) is 0 Å². The smallest absolute Gasteiger partial charge is 0.264 e. The Balaban J connectivity index is 1.41. The fraction of sp³-hybridized carbons (Fsp3) is 0.333. The van der Waals surface area contributed by atoms with Crippen molar-refractivity contribution in [1.29, 1.82) is 0 Å². The van der Waals surface area contributed by atoms with Crippen LogP contribution in [0.15, 0.2) is 28.8 Å². The molecule has 4 rings (SSSR count). The number of piperidine rings is 1. The van der Waals surface area contributed by atoms with Crippen molar-refractivity contribution >= 4 is 39.8 Å². The van der Waals surface area contributed by atoms with Gasteiger partial charge in [0.1, 0.15) is 5.82 Å². The summed E-state index contributed by atoms with van der Waals surface area (Å²) >= 11 is 7.18. The summed E-state index contributed by atoms with van der Waals surface area (Å²) in [6, 6.07) is 5.34. The zero-order chi connectivity index (χ0) is 22.1. The summed E-state index contributed by atoms with van der Waals surface area (Å²) < 4.78 is 18.5. The molecule has 10 heteroatoms. The number of carbonyl (C=O) groups is 2. The van der Waals surface area contributed by atoms with Gasteiger partial charge in [-0.15, -0.1) is 11.3 Å². The monoisotopic (exact) mass is 462 g/mol. The molecule has 1 fully saturated rings. The van der Waals surface area contributed by atoms with E-state index in [9.17, 15) is 14.0 Å². The zero-order valence-electron chi connectivity index (χ0n) is 16.9. The fourth-order valence-corrected chi connectivity index (χ4v) is 4.85. The van der Waals surface area contributed by atoms with Gasteiger partial charge in [0.15, 0.2) is 5.82 Å². The molecule has 31 heavy (non-hydrogen) atoms. The van der Waals surface area contributed by atoms with Crippen molar-refractivity contribution in [1.82, 2.24) is 15.0 Å². The van der Waals surface area contributed by atoms with Gasteiger partial charge in [0, 0.05) is 19.0 Å². The van der Waals surface area contributed by atoms with E-state index in [1.54, 1.807) is 17.9 Å². The number of nitrogens with zero attached hydrogens (tertiary/aromatic N) is 3. The van der Waals surface area contributed by atoms with Gasteiger partial charge >= 0.3 is 0 Å². The topological polar surface area (TPSA) is 88.3 Å². The first-order valence-electron chi connectivity index (χ1n) is 9.78. The molecule has 0 spiro atoms. The summed E-state index contributed by atoms with van der Waals surface area (Å²) in [5, 5.41) is 7.14. The summed E-state index contributed by atoms with van der Waals surface area (Å²) in [4.78, 5) is 32.2. The molecule has 1 N–H and O–H groups in total. The van der Waals surface area contributed by atoms with E-state index in [2.05, 4.69) is 15.5 Å². The molecule has 7 nitrogen and oxygen atoms in total. The number of aryl methyl sites for hydroxylation is 2. The molecule has 0 aliphatic carbocycles. The highest BCUT2D eigenvalue weighted by molar-refractivity contribution is 7.18. The fourth-order valence-electron chi connectivity index (χ4n) is 3.56. The lowest BCUT2D eigenvalue weighted by atomic mass is 9.96. The maximum atomic E-state index is 13.2. The van der Waals surface area contributed by atoms with Gasteiger partial charge in [0.25, 0.3) is 11.8 Å². The Morgan fingerprint density at radius 2 is 2.00 bits per heavy atom. The predicted molar refractivity (Wildman–Crippen MR) is 115 cm³/mol. The molecule has 1 saturated heterocycles. The molecule has 3 aromatic rings. The van der Waals surface area contributed by atoms with Gasteiger partial charge in [-0.1, -0.05) is 16.8 Å². The third kappa shape index (κ3) is 4.62. The van der Waals surface area contributed by atoms with Crippen LogP contribution >= 0.6 is 22.9 Å². The number of amides is 2. The number of benzene rings is 1. The third-order valence-corrected chi connectivity index (χ3v) is 6.65. The Labute approximate surface area is 187 Å². The number of carbonyl (C=O) groups excluding carboxylic acids is 2. The van der Waals surface area contributed by atoms with Crippen molar-refractivity contribution in [3.8, 4) is 0 Å². The number of halogens is 2. The molecule has 2 aromatic heterocycles. The molecule has 0 bridgehead atoms. The molecule has 0 radical (unpaired) electrons. The Hall–Kier alpha value is -2.78. The van der Waals surface area contributed by atoms with Crippen LogP contribution in [0.2, 0.25) is 5.02 Å². The molecule has 162 valence electrons. The largest absolute Gasteiger partial charge is 0.339 e. The molecular weight excluding hydrogens is 443 g/mol. The standard InChI is InChI=1S/C21H20ClFN4O3S/c1-11-9-17(25-19(28)15-4-3-14(23)10-16(15)22)31-18(11)21(29)27-7-5-13(6-8-27)20-24-12(2)26-30-20/h3-4,9-10,13H,5-8H2,1-2H3,(H,25,28). The van der Waals surface area contributed by atoms with Crippen LogP contribution in [0, 0.1) is 19.7 Å². The minimum atomic E-state index is -0.514. The van der Waals surface area contributed by atoms with Crippen LogP contribution in [-0.4, -0.2) is 39.9 Å². The second-order valence-corrected chi connectivity index (χ2v) is 8.91. The summed E-state index contributed by atoms with van der Waals surface area (Å²) in [6.45, 7) is 4.80.